The van der Waals surface area contributed by atoms with Crippen molar-refractivity contribution in [3.63, 3.8) is 0 Å². The van der Waals surface area contributed by atoms with Crippen molar-refractivity contribution < 1.29 is 4.79 Å². The van der Waals surface area contributed by atoms with Crippen LogP contribution < -0.4 is 5.73 Å². The molecule has 1 saturated heterocycles. The zero-order chi connectivity index (χ0) is 14.1. The predicted molar refractivity (Wildman–Crippen MR) is 79.3 cm³/mol. The maximum absolute atomic E-state index is 12.8. The van der Waals surface area contributed by atoms with Crippen molar-refractivity contribution in [2.24, 2.45) is 11.7 Å². The molecule has 2 N–H and O–H groups in total. The quantitative estimate of drug-likeness (QED) is 0.791. The number of likely N-dealkylation sites (tertiary alicyclic amines) is 1. The molecule has 3 nitrogen and oxygen atoms in total. The summed E-state index contributed by atoms with van der Waals surface area (Å²) in [5.74, 6) is 6.75. The molecule has 0 aromatic heterocycles. The fourth-order valence-electron chi connectivity index (χ4n) is 3.42. The van der Waals surface area contributed by atoms with Crippen LogP contribution in [0, 0.1) is 24.7 Å². The molecule has 0 radical (unpaired) electrons. The number of aryl methyl sites for hydroxylation is 1. The second kappa shape index (κ2) is 5.30. The highest BCUT2D eigenvalue weighted by atomic mass is 16.2. The van der Waals surface area contributed by atoms with Gasteiger partial charge in [0.25, 0.3) is 5.91 Å². The van der Waals surface area contributed by atoms with E-state index in [2.05, 4.69) is 11.8 Å². The fraction of sp³-hybridized carbons (Fsp3) is 0.471. The summed E-state index contributed by atoms with van der Waals surface area (Å²) in [7, 11) is 0. The van der Waals surface area contributed by atoms with Crippen LogP contribution >= 0.6 is 0 Å². The van der Waals surface area contributed by atoms with Gasteiger partial charge in [-0.25, -0.2) is 0 Å². The molecule has 2 aliphatic rings. The Hall–Kier alpha value is -1.79. The highest BCUT2D eigenvalue weighted by Gasteiger charge is 2.40. The van der Waals surface area contributed by atoms with Gasteiger partial charge in [0.05, 0.1) is 12.1 Å². The van der Waals surface area contributed by atoms with Crippen molar-refractivity contribution in [2.75, 3.05) is 13.1 Å². The highest BCUT2D eigenvalue weighted by molar-refractivity contribution is 5.97. The van der Waals surface area contributed by atoms with Crippen molar-refractivity contribution >= 4 is 5.91 Å². The summed E-state index contributed by atoms with van der Waals surface area (Å²) in [6.45, 7) is 3.25. The van der Waals surface area contributed by atoms with Gasteiger partial charge in [-0.3, -0.25) is 4.79 Å². The Morgan fingerprint density at radius 3 is 2.95 bits per heavy atom. The van der Waals surface area contributed by atoms with Crippen LogP contribution in [-0.4, -0.2) is 29.9 Å². The van der Waals surface area contributed by atoms with Gasteiger partial charge in [0.15, 0.2) is 0 Å². The minimum absolute atomic E-state index is 0.138. The second-order valence-electron chi connectivity index (χ2n) is 5.85. The Morgan fingerprint density at radius 1 is 1.45 bits per heavy atom. The van der Waals surface area contributed by atoms with E-state index in [4.69, 9.17) is 5.73 Å². The molecule has 1 aromatic carbocycles. The van der Waals surface area contributed by atoms with Crippen LogP contribution in [0.4, 0.5) is 0 Å². The summed E-state index contributed by atoms with van der Waals surface area (Å²) in [5.41, 5.74) is 8.09. The standard InChI is InChI=1S/C17H20N2O/c1-12-4-7-16(14(9-12)3-2-8-18)17(20)19-11-13-5-6-15(19)10-13/h4,7,9,13,15H,5-6,8,10-11,18H2,1H3. The number of amides is 1. The number of carbonyl (C=O) groups is 1. The molecule has 2 unspecified atom stereocenters. The number of hydrogen-bond acceptors (Lipinski definition) is 2. The molecular weight excluding hydrogens is 248 g/mol. The maximum Gasteiger partial charge on any atom is 0.255 e. The molecule has 20 heavy (non-hydrogen) atoms. The van der Waals surface area contributed by atoms with Gasteiger partial charge in [-0.15, -0.1) is 0 Å². The Morgan fingerprint density at radius 2 is 2.30 bits per heavy atom. The van der Waals surface area contributed by atoms with E-state index in [9.17, 15) is 4.79 Å². The number of carbonyl (C=O) groups excluding carboxylic acids is 1. The van der Waals surface area contributed by atoms with E-state index < -0.39 is 0 Å². The van der Waals surface area contributed by atoms with Crippen LogP contribution in [0.5, 0.6) is 0 Å². The van der Waals surface area contributed by atoms with E-state index in [1.165, 1.54) is 12.8 Å². The molecule has 0 spiro atoms. The molecular formula is C17H20N2O. The average molecular weight is 268 g/mol. The van der Waals surface area contributed by atoms with E-state index in [-0.39, 0.29) is 5.91 Å². The zero-order valence-corrected chi connectivity index (χ0v) is 11.9. The van der Waals surface area contributed by atoms with Gasteiger partial charge in [0.2, 0.25) is 0 Å². The van der Waals surface area contributed by atoms with Gasteiger partial charge < -0.3 is 10.6 Å². The Kier molecular flexibility index (Phi) is 3.50. The fourth-order valence-corrected chi connectivity index (χ4v) is 3.42. The van der Waals surface area contributed by atoms with Crippen molar-refractivity contribution in [2.45, 2.75) is 32.2 Å². The number of hydrogen-bond donors (Lipinski definition) is 1. The van der Waals surface area contributed by atoms with E-state index in [1.807, 2.05) is 30.0 Å². The number of nitrogens with two attached hydrogens (primary N) is 1. The summed E-state index contributed by atoms with van der Waals surface area (Å²) in [6, 6.07) is 6.31. The molecule has 2 atom stereocenters. The van der Waals surface area contributed by atoms with Gasteiger partial charge in [0, 0.05) is 18.2 Å². The second-order valence-corrected chi connectivity index (χ2v) is 5.85. The monoisotopic (exact) mass is 268 g/mol. The molecule has 3 heteroatoms. The molecule has 2 bridgehead atoms. The first-order chi connectivity index (χ1) is 9.69. The van der Waals surface area contributed by atoms with Gasteiger partial charge >= 0.3 is 0 Å². The first kappa shape index (κ1) is 13.2. The van der Waals surface area contributed by atoms with Gasteiger partial charge in [-0.2, -0.15) is 0 Å². The maximum atomic E-state index is 12.8. The molecule has 1 heterocycles. The van der Waals surface area contributed by atoms with Crippen molar-refractivity contribution in [3.8, 4) is 11.8 Å². The number of piperidine rings is 1. The van der Waals surface area contributed by atoms with Gasteiger partial charge in [-0.1, -0.05) is 17.9 Å². The third-order valence-electron chi connectivity index (χ3n) is 4.40. The normalized spacial score (nSPS) is 23.6. The first-order valence-electron chi connectivity index (χ1n) is 7.29. The third kappa shape index (κ3) is 2.32. The number of rotatable bonds is 1. The lowest BCUT2D eigenvalue weighted by molar-refractivity contribution is 0.0703. The average Bonchev–Trinajstić information content (AvgIpc) is 3.07. The van der Waals surface area contributed by atoms with Crippen LogP contribution in [-0.2, 0) is 0 Å². The summed E-state index contributed by atoms with van der Waals surface area (Å²) >= 11 is 0. The molecule has 3 rings (SSSR count). The Balaban J connectivity index is 1.91. The van der Waals surface area contributed by atoms with E-state index in [0.717, 1.165) is 29.7 Å². The number of benzene rings is 1. The van der Waals surface area contributed by atoms with Crippen LogP contribution in [0.1, 0.15) is 40.7 Å². The van der Waals surface area contributed by atoms with Crippen LogP contribution in [0.25, 0.3) is 0 Å². The van der Waals surface area contributed by atoms with Crippen LogP contribution in [0.15, 0.2) is 18.2 Å². The predicted octanol–water partition coefficient (Wildman–Crippen LogP) is 1.93. The minimum atomic E-state index is 0.138. The van der Waals surface area contributed by atoms with E-state index in [1.54, 1.807) is 0 Å². The smallest absolute Gasteiger partial charge is 0.255 e. The van der Waals surface area contributed by atoms with Crippen LogP contribution in [0.2, 0.25) is 0 Å². The van der Waals surface area contributed by atoms with Gasteiger partial charge in [-0.05, 0) is 49.8 Å². The SMILES string of the molecule is Cc1ccc(C(=O)N2CC3CCC2C3)c(C#CCN)c1. The van der Waals surface area contributed by atoms with Crippen molar-refractivity contribution in [3.05, 3.63) is 34.9 Å². The lowest BCUT2D eigenvalue weighted by Crippen LogP contribution is -2.38. The third-order valence-corrected chi connectivity index (χ3v) is 4.40. The topological polar surface area (TPSA) is 46.3 Å². The summed E-state index contributed by atoms with van der Waals surface area (Å²) in [5, 5.41) is 0. The lowest BCUT2D eigenvalue weighted by Gasteiger charge is -2.27. The summed E-state index contributed by atoms with van der Waals surface area (Å²) < 4.78 is 0. The molecule has 1 aromatic rings. The number of nitrogens with zero attached hydrogens (tertiary/aromatic N) is 1. The summed E-state index contributed by atoms with van der Waals surface area (Å²) in [6.07, 6.45) is 3.62. The Labute approximate surface area is 120 Å². The molecule has 1 aliphatic carbocycles. The number of fused-ring (bicyclic) bond motifs is 2. The minimum Gasteiger partial charge on any atom is -0.335 e. The highest BCUT2D eigenvalue weighted by Crippen LogP contribution is 2.38. The zero-order valence-electron chi connectivity index (χ0n) is 11.9. The van der Waals surface area contributed by atoms with Crippen molar-refractivity contribution in [1.82, 2.24) is 4.90 Å². The van der Waals surface area contributed by atoms with Crippen LogP contribution in [0.3, 0.4) is 0 Å². The largest absolute Gasteiger partial charge is 0.335 e. The van der Waals surface area contributed by atoms with Crippen molar-refractivity contribution in [1.29, 1.82) is 0 Å². The van der Waals surface area contributed by atoms with Gasteiger partial charge in [0.1, 0.15) is 0 Å². The first-order valence-corrected chi connectivity index (χ1v) is 7.29. The summed E-state index contributed by atoms with van der Waals surface area (Å²) in [4.78, 5) is 14.8. The lowest BCUT2D eigenvalue weighted by atomic mass is 10.0. The van der Waals surface area contributed by atoms with E-state index >= 15 is 0 Å². The molecule has 1 aliphatic heterocycles. The molecule has 2 fully saturated rings. The molecule has 1 saturated carbocycles. The van der Waals surface area contributed by atoms with E-state index in [0.29, 0.717) is 18.5 Å². The molecule has 1 amide bonds. The molecule has 104 valence electrons. The Bertz CT molecular complexity index is 597.